The van der Waals surface area contributed by atoms with Crippen molar-refractivity contribution in [3.05, 3.63) is 70.7 Å². The molecular weight excluding hydrogens is 364 g/mol. The first kappa shape index (κ1) is 20.8. The van der Waals surface area contributed by atoms with E-state index in [4.69, 9.17) is 0 Å². The number of phenolic OH excluding ortho intramolecular Hbond substituents is 1. The zero-order chi connectivity index (χ0) is 18.8. The minimum absolute atomic E-state index is 0. The maximum atomic E-state index is 13.0. The van der Waals surface area contributed by atoms with E-state index in [2.05, 4.69) is 9.72 Å². The maximum absolute atomic E-state index is 13.0. The average Bonchev–Trinajstić information content (AvgIpc) is 2.63. The Hall–Kier alpha value is -2.48. The Balaban J connectivity index is 0.00000261. The molecule has 0 aliphatic carbocycles. The first-order valence-corrected chi connectivity index (χ1v) is 7.61. The van der Waals surface area contributed by atoms with E-state index < -0.39 is 17.7 Å². The van der Waals surface area contributed by atoms with Crippen LogP contribution in [0.3, 0.4) is 0 Å². The predicted octanol–water partition coefficient (Wildman–Crippen LogP) is 2.51. The molecule has 0 atom stereocenters. The topological polar surface area (TPSA) is 96.7 Å². The van der Waals surface area contributed by atoms with Crippen molar-refractivity contribution in [2.45, 2.75) is 6.42 Å². The molecule has 3 rings (SSSR count). The van der Waals surface area contributed by atoms with Crippen LogP contribution in [0.15, 0.2) is 42.6 Å². The van der Waals surface area contributed by atoms with E-state index in [1.54, 1.807) is 18.2 Å². The first-order valence-electron chi connectivity index (χ1n) is 7.61. The van der Waals surface area contributed by atoms with Gasteiger partial charge in [-0.05, 0) is 41.8 Å². The number of rotatable bonds is 4. The van der Waals surface area contributed by atoms with Crippen LogP contribution in [0.2, 0.25) is 0 Å². The quantitative estimate of drug-likeness (QED) is 0.534. The Labute approximate surface area is 175 Å². The Morgan fingerprint density at radius 2 is 1.78 bits per heavy atom. The number of carbonyl (C=O) groups is 2. The van der Waals surface area contributed by atoms with Gasteiger partial charge >= 0.3 is 41.5 Å². The van der Waals surface area contributed by atoms with Crippen molar-refractivity contribution in [3.63, 3.8) is 0 Å². The number of hydrogen-bond acceptors (Lipinski definition) is 5. The number of phenols is 1. The van der Waals surface area contributed by atoms with Gasteiger partial charge in [0.15, 0.2) is 5.75 Å². The molecule has 8 heteroatoms. The molecule has 1 aromatic heterocycles. The predicted molar refractivity (Wildman–Crippen MR) is 98.1 cm³/mol. The van der Waals surface area contributed by atoms with Crippen LogP contribution < -0.4 is 0 Å². The number of benzene rings is 2. The molecule has 0 saturated carbocycles. The van der Waals surface area contributed by atoms with E-state index in [1.165, 1.54) is 18.3 Å². The Kier molecular flexibility index (Phi) is 6.54. The van der Waals surface area contributed by atoms with E-state index >= 15 is 0 Å². The van der Waals surface area contributed by atoms with Gasteiger partial charge < -0.3 is 14.9 Å². The van der Waals surface area contributed by atoms with Crippen molar-refractivity contribution in [2.75, 3.05) is 7.11 Å². The zero-order valence-corrected chi connectivity index (χ0v) is 13.7. The molecular formula is C19H15FNNaO5. The number of fused-ring (bicyclic) bond motifs is 1. The SMILES string of the molecule is COC(=O)c1cc(C(=O)O)c2cc(Cc3ccc(F)cc3)cnc2c1O.[NaH]. The van der Waals surface area contributed by atoms with Gasteiger partial charge in [0.2, 0.25) is 0 Å². The number of aromatic hydroxyl groups is 1. The Morgan fingerprint density at radius 1 is 1.11 bits per heavy atom. The molecule has 2 aromatic carbocycles. The molecule has 0 fully saturated rings. The number of halogens is 1. The number of ether oxygens (including phenoxy) is 1. The molecule has 27 heavy (non-hydrogen) atoms. The number of carboxylic acids is 1. The molecule has 0 aliphatic rings. The molecule has 0 aliphatic heterocycles. The molecule has 3 aromatic rings. The number of methoxy groups -OCH3 is 1. The number of pyridine rings is 1. The van der Waals surface area contributed by atoms with Crippen molar-refractivity contribution in [1.29, 1.82) is 0 Å². The van der Waals surface area contributed by atoms with Crippen molar-refractivity contribution < 1.29 is 28.9 Å². The van der Waals surface area contributed by atoms with Gasteiger partial charge in [0.25, 0.3) is 0 Å². The summed E-state index contributed by atoms with van der Waals surface area (Å²) < 4.78 is 17.6. The second-order valence-electron chi connectivity index (χ2n) is 5.66. The summed E-state index contributed by atoms with van der Waals surface area (Å²) in [5, 5.41) is 19.9. The summed E-state index contributed by atoms with van der Waals surface area (Å²) in [5.74, 6) is -2.91. The molecule has 6 nitrogen and oxygen atoms in total. The van der Waals surface area contributed by atoms with Crippen LogP contribution in [0, 0.1) is 5.82 Å². The summed E-state index contributed by atoms with van der Waals surface area (Å²) in [4.78, 5) is 27.5. The number of aromatic carboxylic acids is 1. The number of nitrogens with zero attached hydrogens (tertiary/aromatic N) is 1. The average molecular weight is 379 g/mol. The van der Waals surface area contributed by atoms with Crippen LogP contribution in [0.5, 0.6) is 5.75 Å². The van der Waals surface area contributed by atoms with E-state index in [0.717, 1.165) is 18.7 Å². The van der Waals surface area contributed by atoms with Gasteiger partial charge in [-0.1, -0.05) is 12.1 Å². The van der Waals surface area contributed by atoms with E-state index in [1.807, 2.05) is 0 Å². The van der Waals surface area contributed by atoms with Crippen LogP contribution in [0.25, 0.3) is 10.9 Å². The molecule has 1 heterocycles. The van der Waals surface area contributed by atoms with E-state index in [0.29, 0.717) is 12.0 Å². The number of carbonyl (C=O) groups excluding carboxylic acids is 1. The van der Waals surface area contributed by atoms with Crippen molar-refractivity contribution in [1.82, 2.24) is 4.98 Å². The van der Waals surface area contributed by atoms with Crippen LogP contribution >= 0.6 is 0 Å². The molecule has 0 unspecified atom stereocenters. The van der Waals surface area contributed by atoms with Crippen LogP contribution in [-0.4, -0.2) is 63.8 Å². The molecule has 0 spiro atoms. The second-order valence-corrected chi connectivity index (χ2v) is 5.66. The summed E-state index contributed by atoms with van der Waals surface area (Å²) in [6.07, 6.45) is 1.87. The number of aromatic nitrogens is 1. The fourth-order valence-corrected chi connectivity index (χ4v) is 2.70. The van der Waals surface area contributed by atoms with Gasteiger partial charge in [-0.3, -0.25) is 4.98 Å². The van der Waals surface area contributed by atoms with Crippen molar-refractivity contribution >= 4 is 52.4 Å². The van der Waals surface area contributed by atoms with Gasteiger partial charge in [-0.25, -0.2) is 14.0 Å². The first-order chi connectivity index (χ1) is 12.4. The Morgan fingerprint density at radius 3 is 2.37 bits per heavy atom. The summed E-state index contributed by atoms with van der Waals surface area (Å²) in [6.45, 7) is 0. The van der Waals surface area contributed by atoms with Crippen molar-refractivity contribution in [3.8, 4) is 5.75 Å². The minimum atomic E-state index is -1.26. The van der Waals surface area contributed by atoms with E-state index in [-0.39, 0.29) is 57.4 Å². The van der Waals surface area contributed by atoms with Crippen LogP contribution in [0.1, 0.15) is 31.8 Å². The number of carboxylic acid groups (broad SMARTS) is 1. The third-order valence-corrected chi connectivity index (χ3v) is 3.96. The normalized spacial score (nSPS) is 10.3. The third kappa shape index (κ3) is 4.27. The molecule has 2 N–H and O–H groups in total. The monoisotopic (exact) mass is 379 g/mol. The fraction of sp³-hybridized carbons (Fsp3) is 0.105. The van der Waals surface area contributed by atoms with Gasteiger partial charge in [0.1, 0.15) is 16.9 Å². The zero-order valence-electron chi connectivity index (χ0n) is 13.7. The molecule has 0 saturated heterocycles. The summed E-state index contributed by atoms with van der Waals surface area (Å²) in [7, 11) is 1.13. The summed E-state index contributed by atoms with van der Waals surface area (Å²) >= 11 is 0. The van der Waals surface area contributed by atoms with E-state index in [9.17, 15) is 24.2 Å². The Bertz CT molecular complexity index is 1020. The molecule has 0 bridgehead atoms. The van der Waals surface area contributed by atoms with Crippen LogP contribution in [0.4, 0.5) is 4.39 Å². The molecule has 134 valence electrons. The van der Waals surface area contributed by atoms with Gasteiger partial charge in [0, 0.05) is 11.6 Å². The molecule has 0 amide bonds. The standard InChI is InChI=1S/C19H14FNO5.Na.H/c1-26-19(25)15-8-14(18(23)24)13-7-11(9-21-16(13)17(15)22)6-10-2-4-12(20)5-3-10;;/h2-5,7-9,22H,6H2,1H3,(H,23,24);;. The third-order valence-electron chi connectivity index (χ3n) is 3.96. The summed E-state index contributed by atoms with van der Waals surface area (Å²) in [5.41, 5.74) is 1.05. The number of esters is 1. The van der Waals surface area contributed by atoms with Gasteiger partial charge in [0.05, 0.1) is 12.7 Å². The van der Waals surface area contributed by atoms with Gasteiger partial charge in [-0.2, -0.15) is 0 Å². The fourth-order valence-electron chi connectivity index (χ4n) is 2.70. The van der Waals surface area contributed by atoms with Crippen molar-refractivity contribution in [2.24, 2.45) is 0 Å². The van der Waals surface area contributed by atoms with Gasteiger partial charge in [-0.15, -0.1) is 0 Å². The summed E-state index contributed by atoms with van der Waals surface area (Å²) in [6, 6.07) is 8.55. The second kappa shape index (κ2) is 8.47. The van der Waals surface area contributed by atoms with Crippen LogP contribution in [-0.2, 0) is 11.2 Å². The molecule has 0 radical (unpaired) electrons. The number of hydrogen-bond donors (Lipinski definition) is 2.